The lowest BCUT2D eigenvalue weighted by Crippen LogP contribution is -2.18. The van der Waals surface area contributed by atoms with E-state index in [1.54, 1.807) is 6.20 Å². The zero-order chi connectivity index (χ0) is 8.10. The Labute approximate surface area is 64.6 Å². The van der Waals surface area contributed by atoms with E-state index in [4.69, 9.17) is 0 Å². The van der Waals surface area contributed by atoms with E-state index < -0.39 is 0 Å². The number of anilines is 1. The molecule has 0 saturated heterocycles. The highest BCUT2D eigenvalue weighted by Gasteiger charge is 1.88. The molecule has 0 saturated carbocycles. The summed E-state index contributed by atoms with van der Waals surface area (Å²) in [5.41, 5.74) is 0.00218. The fourth-order valence-corrected chi connectivity index (χ4v) is 0.731. The first-order valence-corrected chi connectivity index (χ1v) is 3.40. The van der Waals surface area contributed by atoms with Crippen molar-refractivity contribution in [3.63, 3.8) is 0 Å². The van der Waals surface area contributed by atoms with Crippen molar-refractivity contribution >= 4 is 5.82 Å². The fraction of sp³-hybridized carbons (Fsp3) is 0.286. The Morgan fingerprint density at radius 1 is 1.64 bits per heavy atom. The summed E-state index contributed by atoms with van der Waals surface area (Å²) in [5, 5.41) is 5.87. The topological polar surface area (TPSA) is 56.9 Å². The van der Waals surface area contributed by atoms with Crippen LogP contribution in [0.4, 0.5) is 5.82 Å². The van der Waals surface area contributed by atoms with Crippen molar-refractivity contribution in [2.75, 3.05) is 19.0 Å². The first kappa shape index (κ1) is 7.81. The van der Waals surface area contributed by atoms with Crippen molar-refractivity contribution in [1.29, 1.82) is 0 Å². The molecule has 4 heteroatoms. The van der Waals surface area contributed by atoms with Crippen LogP contribution in [0.2, 0.25) is 0 Å². The maximum absolute atomic E-state index is 10.8. The van der Waals surface area contributed by atoms with Crippen LogP contribution >= 0.6 is 0 Å². The Bertz CT molecular complexity index is 268. The number of pyridine rings is 1. The third-order valence-electron chi connectivity index (χ3n) is 1.23. The molecule has 1 rings (SSSR count). The monoisotopic (exact) mass is 153 g/mol. The van der Waals surface area contributed by atoms with Crippen LogP contribution in [-0.2, 0) is 0 Å². The van der Waals surface area contributed by atoms with E-state index in [-0.39, 0.29) is 5.43 Å². The van der Waals surface area contributed by atoms with Gasteiger partial charge in [0.1, 0.15) is 5.82 Å². The first-order chi connectivity index (χ1) is 5.33. The van der Waals surface area contributed by atoms with Gasteiger partial charge in [-0.15, -0.1) is 0 Å². The summed E-state index contributed by atoms with van der Waals surface area (Å²) in [6.07, 6.45) is 1.61. The van der Waals surface area contributed by atoms with Crippen LogP contribution < -0.4 is 16.1 Å². The van der Waals surface area contributed by atoms with Gasteiger partial charge in [-0.05, 0) is 7.05 Å². The van der Waals surface area contributed by atoms with Crippen LogP contribution in [0.5, 0.6) is 0 Å². The molecule has 0 aliphatic heterocycles. The summed E-state index contributed by atoms with van der Waals surface area (Å²) in [6.45, 7) is 0.639. The minimum Gasteiger partial charge on any atom is -0.359 e. The van der Waals surface area contributed by atoms with Crippen molar-refractivity contribution in [3.8, 4) is 0 Å². The zero-order valence-corrected chi connectivity index (χ0v) is 6.35. The van der Waals surface area contributed by atoms with Gasteiger partial charge >= 0.3 is 0 Å². The number of nitrogens with one attached hydrogen (secondary N) is 3. The number of hydrogen-bond donors (Lipinski definition) is 3. The molecule has 0 atom stereocenters. The summed E-state index contributed by atoms with van der Waals surface area (Å²) >= 11 is 0. The van der Waals surface area contributed by atoms with E-state index in [1.165, 1.54) is 12.1 Å². The molecule has 1 heterocycles. The average Bonchev–Trinajstić information content (AvgIpc) is 2.01. The lowest BCUT2D eigenvalue weighted by Gasteiger charge is -2.02. The number of hydrogen-bond acceptors (Lipinski definition) is 3. The molecular formula is C7H11N3O. The van der Waals surface area contributed by atoms with E-state index in [2.05, 4.69) is 15.6 Å². The largest absolute Gasteiger partial charge is 0.359 e. The number of rotatable bonds is 3. The normalized spacial score (nSPS) is 9.55. The van der Waals surface area contributed by atoms with E-state index >= 15 is 0 Å². The molecule has 1 aromatic rings. The minimum absolute atomic E-state index is 0.00218. The van der Waals surface area contributed by atoms with Gasteiger partial charge in [-0.3, -0.25) is 4.79 Å². The summed E-state index contributed by atoms with van der Waals surface area (Å²) in [7, 11) is 1.83. The highest BCUT2D eigenvalue weighted by Crippen LogP contribution is 1.92. The predicted octanol–water partition coefficient (Wildman–Crippen LogP) is -0.0363. The summed E-state index contributed by atoms with van der Waals surface area (Å²) in [6, 6.07) is 2.99. The third-order valence-corrected chi connectivity index (χ3v) is 1.23. The van der Waals surface area contributed by atoms with Gasteiger partial charge in [-0.25, -0.2) is 0 Å². The number of aromatic amines is 1. The molecule has 1 aromatic heterocycles. The maximum Gasteiger partial charge on any atom is 0.183 e. The predicted molar refractivity (Wildman–Crippen MR) is 44.6 cm³/mol. The standard InChI is InChI=1S/C7H11N3O/c1-8-5-10-7-4-6(11)2-3-9-7/h2-4,8H,5H2,1H3,(H2,9,10,11). The smallest absolute Gasteiger partial charge is 0.183 e. The zero-order valence-electron chi connectivity index (χ0n) is 6.35. The van der Waals surface area contributed by atoms with Crippen LogP contribution in [0.15, 0.2) is 23.1 Å². The highest BCUT2D eigenvalue weighted by atomic mass is 16.1. The second-order valence-corrected chi connectivity index (χ2v) is 2.15. The van der Waals surface area contributed by atoms with Crippen molar-refractivity contribution in [2.45, 2.75) is 0 Å². The van der Waals surface area contributed by atoms with Crippen molar-refractivity contribution < 1.29 is 0 Å². The van der Waals surface area contributed by atoms with E-state index in [9.17, 15) is 4.79 Å². The molecule has 0 amide bonds. The highest BCUT2D eigenvalue weighted by molar-refractivity contribution is 5.32. The minimum atomic E-state index is 0.00218. The van der Waals surface area contributed by atoms with E-state index in [1.807, 2.05) is 7.05 Å². The lowest BCUT2D eigenvalue weighted by molar-refractivity contribution is 0.868. The Morgan fingerprint density at radius 2 is 2.45 bits per heavy atom. The van der Waals surface area contributed by atoms with Crippen LogP contribution in [0, 0.1) is 0 Å². The Kier molecular flexibility index (Phi) is 2.68. The Balaban J connectivity index is 2.64. The lowest BCUT2D eigenvalue weighted by atomic mass is 10.4. The summed E-state index contributed by atoms with van der Waals surface area (Å²) < 4.78 is 0. The molecule has 0 fully saturated rings. The van der Waals surface area contributed by atoms with Gasteiger partial charge in [0.05, 0.1) is 6.67 Å². The third kappa shape index (κ3) is 2.43. The average molecular weight is 153 g/mol. The number of aromatic nitrogens is 1. The molecule has 4 nitrogen and oxygen atoms in total. The Morgan fingerprint density at radius 3 is 3.09 bits per heavy atom. The van der Waals surface area contributed by atoms with Gasteiger partial charge in [-0.1, -0.05) is 0 Å². The molecule has 11 heavy (non-hydrogen) atoms. The van der Waals surface area contributed by atoms with Crippen LogP contribution in [0.25, 0.3) is 0 Å². The molecule has 3 N–H and O–H groups in total. The van der Waals surface area contributed by atoms with E-state index in [0.29, 0.717) is 6.67 Å². The second kappa shape index (κ2) is 3.78. The number of H-pyrrole nitrogens is 1. The molecule has 0 aromatic carbocycles. The van der Waals surface area contributed by atoms with Gasteiger partial charge in [0.2, 0.25) is 0 Å². The maximum atomic E-state index is 10.8. The van der Waals surface area contributed by atoms with Crippen LogP contribution in [-0.4, -0.2) is 18.7 Å². The van der Waals surface area contributed by atoms with Crippen molar-refractivity contribution in [3.05, 3.63) is 28.6 Å². The molecule has 0 unspecified atom stereocenters. The Hall–Kier alpha value is -1.29. The molecule has 0 bridgehead atoms. The van der Waals surface area contributed by atoms with Crippen molar-refractivity contribution in [1.82, 2.24) is 10.3 Å². The second-order valence-electron chi connectivity index (χ2n) is 2.15. The molecule has 0 aliphatic rings. The van der Waals surface area contributed by atoms with Gasteiger partial charge in [0, 0.05) is 18.3 Å². The van der Waals surface area contributed by atoms with Crippen LogP contribution in [0.3, 0.4) is 0 Å². The molecule has 0 radical (unpaired) electrons. The molecule has 0 spiro atoms. The fourth-order valence-electron chi connectivity index (χ4n) is 0.731. The SMILES string of the molecule is CNCNc1cc(=O)cc[nH]1. The molecule has 60 valence electrons. The molecular weight excluding hydrogens is 142 g/mol. The van der Waals surface area contributed by atoms with Crippen molar-refractivity contribution in [2.24, 2.45) is 0 Å². The van der Waals surface area contributed by atoms with E-state index in [0.717, 1.165) is 5.82 Å². The summed E-state index contributed by atoms with van der Waals surface area (Å²) in [5.74, 6) is 0.729. The summed E-state index contributed by atoms with van der Waals surface area (Å²) in [4.78, 5) is 13.7. The van der Waals surface area contributed by atoms with Gasteiger partial charge in [0.15, 0.2) is 5.43 Å². The first-order valence-electron chi connectivity index (χ1n) is 3.40. The quantitative estimate of drug-likeness (QED) is 0.534. The van der Waals surface area contributed by atoms with Gasteiger partial charge in [0.25, 0.3) is 0 Å². The van der Waals surface area contributed by atoms with Gasteiger partial charge < -0.3 is 15.6 Å². The van der Waals surface area contributed by atoms with Gasteiger partial charge in [-0.2, -0.15) is 0 Å². The van der Waals surface area contributed by atoms with Crippen LogP contribution in [0.1, 0.15) is 0 Å². The molecule has 0 aliphatic carbocycles.